The Morgan fingerprint density at radius 3 is 2.85 bits per heavy atom. The van der Waals surface area contributed by atoms with Gasteiger partial charge in [-0.25, -0.2) is 4.98 Å². The van der Waals surface area contributed by atoms with Gasteiger partial charge in [0.25, 0.3) is 0 Å². The highest BCUT2D eigenvalue weighted by Crippen LogP contribution is 2.02. The molecule has 1 rings (SSSR count). The van der Waals surface area contributed by atoms with Crippen LogP contribution in [0.4, 0.5) is 0 Å². The van der Waals surface area contributed by atoms with Crippen LogP contribution in [0.15, 0.2) is 6.33 Å². The van der Waals surface area contributed by atoms with Crippen molar-refractivity contribution in [1.82, 2.24) is 20.1 Å². The van der Waals surface area contributed by atoms with E-state index < -0.39 is 0 Å². The summed E-state index contributed by atoms with van der Waals surface area (Å²) in [6.07, 6.45) is 4.64. The summed E-state index contributed by atoms with van der Waals surface area (Å²) in [6, 6.07) is 0.270. The number of aromatic nitrogens is 3. The van der Waals surface area contributed by atoms with E-state index in [0.29, 0.717) is 19.8 Å². The molecule has 6 nitrogen and oxygen atoms in total. The molecule has 0 aliphatic heterocycles. The summed E-state index contributed by atoms with van der Waals surface area (Å²) in [4.78, 5) is 4.36. The van der Waals surface area contributed by atoms with Gasteiger partial charge in [0, 0.05) is 26.1 Å². The molecule has 0 saturated heterocycles. The topological polar surface area (TPSA) is 61.2 Å². The Hall–Kier alpha value is -0.980. The first-order valence-corrected chi connectivity index (χ1v) is 7.48. The average Bonchev–Trinajstić information content (AvgIpc) is 2.88. The molecule has 0 saturated carbocycles. The van der Waals surface area contributed by atoms with Crippen LogP contribution < -0.4 is 5.32 Å². The monoisotopic (exact) mass is 284 g/mol. The molecule has 0 aliphatic rings. The van der Waals surface area contributed by atoms with Gasteiger partial charge in [-0.05, 0) is 19.4 Å². The molecule has 1 aromatic rings. The number of hydrogen-bond acceptors (Lipinski definition) is 5. The molecule has 0 spiro atoms. The van der Waals surface area contributed by atoms with Gasteiger partial charge in [0.2, 0.25) is 0 Å². The van der Waals surface area contributed by atoms with Gasteiger partial charge in [-0.1, -0.05) is 13.8 Å². The Bertz CT molecular complexity index is 344. The molecule has 116 valence electrons. The van der Waals surface area contributed by atoms with E-state index in [-0.39, 0.29) is 6.04 Å². The number of nitrogens with zero attached hydrogens (tertiary/aromatic N) is 3. The van der Waals surface area contributed by atoms with E-state index in [4.69, 9.17) is 9.47 Å². The Morgan fingerprint density at radius 1 is 1.30 bits per heavy atom. The van der Waals surface area contributed by atoms with Crippen LogP contribution in [0.2, 0.25) is 0 Å². The molecule has 0 amide bonds. The number of ether oxygens (including phenoxy) is 2. The normalized spacial score (nSPS) is 12.8. The van der Waals surface area contributed by atoms with Crippen molar-refractivity contribution in [2.75, 3.05) is 33.5 Å². The van der Waals surface area contributed by atoms with E-state index in [9.17, 15) is 0 Å². The van der Waals surface area contributed by atoms with Crippen LogP contribution in [-0.2, 0) is 22.4 Å². The Balaban J connectivity index is 2.47. The van der Waals surface area contributed by atoms with Crippen molar-refractivity contribution in [3.63, 3.8) is 0 Å². The molecule has 0 fully saturated rings. The minimum absolute atomic E-state index is 0.270. The van der Waals surface area contributed by atoms with Crippen molar-refractivity contribution in [3.05, 3.63) is 12.2 Å². The highest BCUT2D eigenvalue weighted by atomic mass is 16.5. The number of rotatable bonds is 12. The first-order valence-electron chi connectivity index (χ1n) is 7.48. The van der Waals surface area contributed by atoms with Crippen molar-refractivity contribution < 1.29 is 9.47 Å². The minimum atomic E-state index is 0.270. The van der Waals surface area contributed by atoms with Crippen molar-refractivity contribution in [3.8, 4) is 0 Å². The summed E-state index contributed by atoms with van der Waals surface area (Å²) in [5.74, 6) is 1.02. The molecule has 0 aliphatic carbocycles. The van der Waals surface area contributed by atoms with Gasteiger partial charge < -0.3 is 14.8 Å². The van der Waals surface area contributed by atoms with Gasteiger partial charge in [-0.2, -0.15) is 5.10 Å². The van der Waals surface area contributed by atoms with Crippen LogP contribution in [-0.4, -0.2) is 54.3 Å². The van der Waals surface area contributed by atoms with Gasteiger partial charge in [-0.15, -0.1) is 0 Å². The fraction of sp³-hybridized carbons (Fsp3) is 0.857. The minimum Gasteiger partial charge on any atom is -0.382 e. The van der Waals surface area contributed by atoms with Crippen molar-refractivity contribution in [2.45, 2.75) is 45.7 Å². The number of aryl methyl sites for hydroxylation is 1. The fourth-order valence-electron chi connectivity index (χ4n) is 1.97. The average molecular weight is 284 g/mol. The van der Waals surface area contributed by atoms with E-state index in [2.05, 4.69) is 29.2 Å². The predicted octanol–water partition coefficient (Wildman–Crippen LogP) is 1.26. The molecule has 1 unspecified atom stereocenters. The zero-order chi connectivity index (χ0) is 14.6. The third kappa shape index (κ3) is 6.45. The molecule has 1 N–H and O–H groups in total. The van der Waals surface area contributed by atoms with Crippen LogP contribution in [0, 0.1) is 0 Å². The van der Waals surface area contributed by atoms with E-state index in [1.807, 2.05) is 4.68 Å². The molecule has 1 atom stereocenters. The van der Waals surface area contributed by atoms with Gasteiger partial charge in [0.05, 0.1) is 19.8 Å². The van der Waals surface area contributed by atoms with Crippen LogP contribution in [0.5, 0.6) is 0 Å². The number of methoxy groups -OCH3 is 1. The predicted molar refractivity (Wildman–Crippen MR) is 78.8 cm³/mol. The third-order valence-corrected chi connectivity index (χ3v) is 2.99. The Morgan fingerprint density at radius 2 is 2.15 bits per heavy atom. The van der Waals surface area contributed by atoms with E-state index in [1.54, 1.807) is 13.4 Å². The smallest absolute Gasteiger partial charge is 0.138 e. The van der Waals surface area contributed by atoms with Gasteiger partial charge in [0.15, 0.2) is 0 Å². The quantitative estimate of drug-likeness (QED) is 0.586. The molecule has 1 heterocycles. The van der Waals surface area contributed by atoms with Gasteiger partial charge in [-0.3, -0.25) is 4.68 Å². The largest absolute Gasteiger partial charge is 0.382 e. The highest BCUT2D eigenvalue weighted by Gasteiger charge is 2.13. The van der Waals surface area contributed by atoms with Crippen LogP contribution >= 0.6 is 0 Å². The standard InChI is InChI=1S/C14H28N4O2/c1-4-6-15-13(11-20-9-8-19-3)10-14-16-12-17-18(14)7-5-2/h12-13,15H,4-11H2,1-3H3. The van der Waals surface area contributed by atoms with Crippen molar-refractivity contribution >= 4 is 0 Å². The van der Waals surface area contributed by atoms with E-state index in [0.717, 1.165) is 38.2 Å². The van der Waals surface area contributed by atoms with Crippen molar-refractivity contribution in [2.24, 2.45) is 0 Å². The Labute approximate surface area is 121 Å². The zero-order valence-corrected chi connectivity index (χ0v) is 13.0. The Kier molecular flexibility index (Phi) is 9.19. The fourth-order valence-corrected chi connectivity index (χ4v) is 1.97. The maximum Gasteiger partial charge on any atom is 0.138 e. The molecule has 20 heavy (non-hydrogen) atoms. The first-order chi connectivity index (χ1) is 9.81. The second kappa shape index (κ2) is 10.8. The number of nitrogens with one attached hydrogen (secondary N) is 1. The summed E-state index contributed by atoms with van der Waals surface area (Å²) >= 11 is 0. The third-order valence-electron chi connectivity index (χ3n) is 2.99. The first kappa shape index (κ1) is 17.1. The maximum absolute atomic E-state index is 5.64. The lowest BCUT2D eigenvalue weighted by atomic mass is 10.2. The lowest BCUT2D eigenvalue weighted by molar-refractivity contribution is 0.0583. The second-order valence-electron chi connectivity index (χ2n) is 4.82. The lowest BCUT2D eigenvalue weighted by Gasteiger charge is -2.18. The second-order valence-corrected chi connectivity index (χ2v) is 4.82. The molecular weight excluding hydrogens is 256 g/mol. The summed E-state index contributed by atoms with van der Waals surface area (Å²) in [5, 5.41) is 7.77. The number of hydrogen-bond donors (Lipinski definition) is 1. The van der Waals surface area contributed by atoms with Gasteiger partial charge in [0.1, 0.15) is 12.2 Å². The SMILES string of the molecule is CCCNC(COCCOC)Cc1ncnn1CCC. The summed E-state index contributed by atoms with van der Waals surface area (Å²) < 4.78 is 12.6. The summed E-state index contributed by atoms with van der Waals surface area (Å²) in [5.41, 5.74) is 0. The highest BCUT2D eigenvalue weighted by molar-refractivity contribution is 4.90. The van der Waals surface area contributed by atoms with E-state index in [1.165, 1.54) is 0 Å². The lowest BCUT2D eigenvalue weighted by Crippen LogP contribution is -2.37. The molecule has 1 aromatic heterocycles. The van der Waals surface area contributed by atoms with Crippen molar-refractivity contribution in [1.29, 1.82) is 0 Å². The molecule has 0 radical (unpaired) electrons. The zero-order valence-electron chi connectivity index (χ0n) is 13.0. The van der Waals surface area contributed by atoms with Crippen LogP contribution in [0.3, 0.4) is 0 Å². The molecular formula is C14H28N4O2. The molecule has 6 heteroatoms. The molecule has 0 bridgehead atoms. The molecule has 0 aromatic carbocycles. The summed E-state index contributed by atoms with van der Waals surface area (Å²) in [6.45, 7) is 8.14. The van der Waals surface area contributed by atoms with Crippen LogP contribution in [0.1, 0.15) is 32.5 Å². The maximum atomic E-state index is 5.64. The summed E-state index contributed by atoms with van der Waals surface area (Å²) in [7, 11) is 1.68. The van der Waals surface area contributed by atoms with Crippen LogP contribution in [0.25, 0.3) is 0 Å². The van der Waals surface area contributed by atoms with Gasteiger partial charge >= 0.3 is 0 Å². The van der Waals surface area contributed by atoms with E-state index >= 15 is 0 Å².